The number of nitriles is 1. The van der Waals surface area contributed by atoms with Crippen LogP contribution in [0.1, 0.15) is 24.9 Å². The van der Waals surface area contributed by atoms with Gasteiger partial charge in [0, 0.05) is 12.0 Å². The Bertz CT molecular complexity index is 410. The normalized spacial score (nSPS) is 11.3. The van der Waals surface area contributed by atoms with Gasteiger partial charge in [-0.3, -0.25) is 4.79 Å². The monoisotopic (exact) mass is 218 g/mol. The number of hydrogen-bond donors (Lipinski definition) is 1. The minimum atomic E-state index is -0.663. The summed E-state index contributed by atoms with van der Waals surface area (Å²) in [5.41, 5.74) is 0.675. The summed E-state index contributed by atoms with van der Waals surface area (Å²) in [6, 6.07) is 8.53. The third kappa shape index (κ3) is 2.74. The van der Waals surface area contributed by atoms with Crippen LogP contribution in [0.25, 0.3) is 0 Å². The molecule has 1 atom stereocenters. The number of rotatable bonds is 4. The molecule has 0 fully saturated rings. The van der Waals surface area contributed by atoms with Crippen LogP contribution in [0, 0.1) is 11.3 Å². The maximum atomic E-state index is 11.3. The van der Waals surface area contributed by atoms with Crippen molar-refractivity contribution < 1.29 is 9.53 Å². The van der Waals surface area contributed by atoms with Gasteiger partial charge in [-0.1, -0.05) is 25.1 Å². The van der Waals surface area contributed by atoms with E-state index in [0.29, 0.717) is 17.7 Å². The third-order valence-electron chi connectivity index (χ3n) is 2.21. The van der Waals surface area contributed by atoms with Gasteiger partial charge in [0.25, 0.3) is 0 Å². The summed E-state index contributed by atoms with van der Waals surface area (Å²) in [4.78, 5) is 11.3. The van der Waals surface area contributed by atoms with Gasteiger partial charge in [-0.2, -0.15) is 5.26 Å². The van der Waals surface area contributed by atoms with E-state index in [1.807, 2.05) is 12.1 Å². The number of carbonyl (C=O) groups excluding carboxylic acids is 1. The lowest BCUT2D eigenvalue weighted by Gasteiger charge is -2.14. The van der Waals surface area contributed by atoms with Gasteiger partial charge >= 0.3 is 0 Å². The van der Waals surface area contributed by atoms with Crippen molar-refractivity contribution in [3.63, 3.8) is 0 Å². The quantitative estimate of drug-likeness (QED) is 0.838. The Labute approximate surface area is 94.8 Å². The zero-order valence-corrected chi connectivity index (χ0v) is 9.36. The maximum Gasteiger partial charge on any atom is 0.221 e. The topological polar surface area (TPSA) is 62.1 Å². The number of nitrogens with zero attached hydrogens (tertiary/aromatic N) is 1. The molecule has 0 bridgehead atoms. The van der Waals surface area contributed by atoms with E-state index in [9.17, 15) is 4.79 Å². The number of carbonyl (C=O) groups is 1. The van der Waals surface area contributed by atoms with E-state index in [-0.39, 0.29) is 5.91 Å². The van der Waals surface area contributed by atoms with E-state index in [0.717, 1.165) is 0 Å². The highest BCUT2D eigenvalue weighted by Gasteiger charge is 2.16. The Balaban J connectivity index is 2.95. The molecule has 0 spiro atoms. The van der Waals surface area contributed by atoms with Crippen molar-refractivity contribution in [2.45, 2.75) is 19.4 Å². The van der Waals surface area contributed by atoms with Crippen LogP contribution in [0.4, 0.5) is 0 Å². The van der Waals surface area contributed by atoms with Crippen LogP contribution in [-0.2, 0) is 4.79 Å². The van der Waals surface area contributed by atoms with Crippen molar-refractivity contribution in [2.75, 3.05) is 7.11 Å². The zero-order valence-electron chi connectivity index (χ0n) is 9.36. The molecule has 1 N–H and O–H groups in total. The Morgan fingerprint density at radius 3 is 2.81 bits per heavy atom. The maximum absolute atomic E-state index is 11.3. The van der Waals surface area contributed by atoms with Crippen LogP contribution in [0.5, 0.6) is 5.75 Å². The highest BCUT2D eigenvalue weighted by molar-refractivity contribution is 5.76. The van der Waals surface area contributed by atoms with Crippen molar-refractivity contribution in [1.82, 2.24) is 5.32 Å². The molecule has 0 aromatic heterocycles. The Hall–Kier alpha value is -2.02. The zero-order chi connectivity index (χ0) is 12.0. The first-order chi connectivity index (χ1) is 7.72. The van der Waals surface area contributed by atoms with E-state index in [1.165, 1.54) is 7.11 Å². The van der Waals surface area contributed by atoms with E-state index in [1.54, 1.807) is 25.1 Å². The van der Waals surface area contributed by atoms with E-state index < -0.39 is 6.04 Å². The molecule has 0 aliphatic heterocycles. The van der Waals surface area contributed by atoms with Crippen molar-refractivity contribution in [2.24, 2.45) is 0 Å². The third-order valence-corrected chi connectivity index (χ3v) is 2.21. The number of benzene rings is 1. The predicted octanol–water partition coefficient (Wildman–Crippen LogP) is 1.79. The van der Waals surface area contributed by atoms with Gasteiger partial charge in [-0.15, -0.1) is 0 Å². The standard InChI is InChI=1S/C12H14N2O2/c1-3-12(15)14-10(8-13)9-6-4-5-7-11(9)16-2/h4-7,10H,3H2,1-2H3,(H,14,15)/t10-/m1/s1. The largest absolute Gasteiger partial charge is 0.496 e. The number of amides is 1. The molecule has 16 heavy (non-hydrogen) atoms. The molecule has 4 nitrogen and oxygen atoms in total. The van der Waals surface area contributed by atoms with E-state index in [2.05, 4.69) is 5.32 Å². The first-order valence-electron chi connectivity index (χ1n) is 5.04. The van der Waals surface area contributed by atoms with Crippen LogP contribution >= 0.6 is 0 Å². The molecular formula is C12H14N2O2. The van der Waals surface area contributed by atoms with Crippen LogP contribution in [0.3, 0.4) is 0 Å². The first kappa shape index (κ1) is 12.1. The number of methoxy groups -OCH3 is 1. The fraction of sp³-hybridized carbons (Fsp3) is 0.333. The molecule has 0 aliphatic rings. The second-order valence-electron chi connectivity index (χ2n) is 3.23. The molecule has 0 saturated carbocycles. The van der Waals surface area contributed by atoms with Gasteiger partial charge in [0.15, 0.2) is 0 Å². The molecule has 0 heterocycles. The summed E-state index contributed by atoms with van der Waals surface area (Å²) in [6.45, 7) is 1.74. The summed E-state index contributed by atoms with van der Waals surface area (Å²) in [6.07, 6.45) is 0.354. The summed E-state index contributed by atoms with van der Waals surface area (Å²) >= 11 is 0. The molecule has 0 saturated heterocycles. The average molecular weight is 218 g/mol. The van der Waals surface area contributed by atoms with Crippen LogP contribution in [0.2, 0.25) is 0 Å². The van der Waals surface area contributed by atoms with Gasteiger partial charge in [0.1, 0.15) is 11.8 Å². The molecular weight excluding hydrogens is 204 g/mol. The van der Waals surface area contributed by atoms with Gasteiger partial charge in [0.05, 0.1) is 13.2 Å². The van der Waals surface area contributed by atoms with Crippen molar-refractivity contribution in [3.05, 3.63) is 29.8 Å². The van der Waals surface area contributed by atoms with Crippen molar-refractivity contribution >= 4 is 5.91 Å². The minimum Gasteiger partial charge on any atom is -0.496 e. The SMILES string of the molecule is CCC(=O)N[C@H](C#N)c1ccccc1OC. The molecule has 1 aromatic carbocycles. The molecule has 0 aliphatic carbocycles. The number of nitrogens with one attached hydrogen (secondary N) is 1. The Morgan fingerprint density at radius 2 is 2.25 bits per heavy atom. The van der Waals surface area contributed by atoms with Gasteiger partial charge in [0.2, 0.25) is 5.91 Å². The van der Waals surface area contributed by atoms with Gasteiger partial charge in [-0.25, -0.2) is 0 Å². The number of hydrogen-bond acceptors (Lipinski definition) is 3. The fourth-order valence-electron chi connectivity index (χ4n) is 1.35. The van der Waals surface area contributed by atoms with Gasteiger partial charge in [-0.05, 0) is 6.07 Å². The molecule has 84 valence electrons. The summed E-state index contributed by atoms with van der Waals surface area (Å²) in [5, 5.41) is 11.7. The van der Waals surface area contributed by atoms with Crippen LogP contribution < -0.4 is 10.1 Å². The van der Waals surface area contributed by atoms with Gasteiger partial charge < -0.3 is 10.1 Å². The molecule has 1 rings (SSSR count). The summed E-state index contributed by atoms with van der Waals surface area (Å²) in [5.74, 6) is 0.447. The molecule has 0 radical (unpaired) electrons. The second-order valence-corrected chi connectivity index (χ2v) is 3.23. The lowest BCUT2D eigenvalue weighted by atomic mass is 10.1. The number of ether oxygens (including phenoxy) is 1. The minimum absolute atomic E-state index is 0.155. The highest BCUT2D eigenvalue weighted by atomic mass is 16.5. The lowest BCUT2D eigenvalue weighted by molar-refractivity contribution is -0.121. The van der Waals surface area contributed by atoms with Crippen LogP contribution in [0.15, 0.2) is 24.3 Å². The summed E-state index contributed by atoms with van der Waals surface area (Å²) < 4.78 is 5.14. The fourth-order valence-corrected chi connectivity index (χ4v) is 1.35. The number of para-hydroxylation sites is 1. The average Bonchev–Trinajstić information content (AvgIpc) is 2.35. The van der Waals surface area contributed by atoms with Crippen molar-refractivity contribution in [1.29, 1.82) is 5.26 Å². The molecule has 0 unspecified atom stereocenters. The predicted molar refractivity (Wildman–Crippen MR) is 59.8 cm³/mol. The Kier molecular flexibility index (Phi) is 4.34. The van der Waals surface area contributed by atoms with Crippen LogP contribution in [-0.4, -0.2) is 13.0 Å². The van der Waals surface area contributed by atoms with Crippen molar-refractivity contribution in [3.8, 4) is 11.8 Å². The lowest BCUT2D eigenvalue weighted by Crippen LogP contribution is -2.26. The molecule has 4 heteroatoms. The molecule has 1 aromatic rings. The molecule has 1 amide bonds. The first-order valence-corrected chi connectivity index (χ1v) is 5.04. The summed E-state index contributed by atoms with van der Waals surface area (Å²) in [7, 11) is 1.54. The van der Waals surface area contributed by atoms with E-state index >= 15 is 0 Å². The highest BCUT2D eigenvalue weighted by Crippen LogP contribution is 2.24. The smallest absolute Gasteiger partial charge is 0.221 e. The van der Waals surface area contributed by atoms with E-state index in [4.69, 9.17) is 10.00 Å². The Morgan fingerprint density at radius 1 is 1.56 bits per heavy atom. The second kappa shape index (κ2) is 5.76.